The molecule has 3 rings (SSSR count). The highest BCUT2D eigenvalue weighted by atomic mass is 79.9. The van der Waals surface area contributed by atoms with Crippen LogP contribution in [-0.4, -0.2) is 4.98 Å². The number of aromatic nitrogens is 1. The van der Waals surface area contributed by atoms with Crippen LogP contribution in [0.15, 0.2) is 46.9 Å². The molecule has 98 valence electrons. The van der Waals surface area contributed by atoms with Gasteiger partial charge in [0.25, 0.3) is 0 Å². The highest BCUT2D eigenvalue weighted by Gasteiger charge is 2.12. The Labute approximate surface area is 123 Å². The first-order valence-corrected chi connectivity index (χ1v) is 6.71. The number of halogens is 2. The Morgan fingerprint density at radius 3 is 2.80 bits per heavy atom. The van der Waals surface area contributed by atoms with Gasteiger partial charge >= 0.3 is 0 Å². The van der Waals surface area contributed by atoms with Crippen LogP contribution in [0, 0.1) is 17.1 Å². The number of nitriles is 1. The maximum atomic E-state index is 13.8. The second-order valence-electron chi connectivity index (χ2n) is 4.28. The zero-order valence-electron chi connectivity index (χ0n) is 10.2. The summed E-state index contributed by atoms with van der Waals surface area (Å²) in [5, 5.41) is 13.0. The molecule has 1 aromatic heterocycles. The summed E-state index contributed by atoms with van der Waals surface area (Å²) in [7, 11) is 0. The molecular formula is C15H9BrFN3. The van der Waals surface area contributed by atoms with Gasteiger partial charge in [0.2, 0.25) is 0 Å². The standard InChI is InChI=1S/C15H9BrFN3/c16-9-5-6-12(17)14(7-9)20-15-11(8-18)10-3-1-2-4-13(10)19-15/h1-7,19-20H. The van der Waals surface area contributed by atoms with Gasteiger partial charge in [-0.2, -0.15) is 5.26 Å². The summed E-state index contributed by atoms with van der Waals surface area (Å²) >= 11 is 3.30. The minimum atomic E-state index is -0.379. The molecule has 0 aliphatic rings. The number of H-pyrrole nitrogens is 1. The van der Waals surface area contributed by atoms with Gasteiger partial charge in [-0.05, 0) is 24.3 Å². The minimum Gasteiger partial charge on any atom is -0.340 e. The molecule has 2 N–H and O–H groups in total. The SMILES string of the molecule is N#Cc1c(Nc2cc(Br)ccc2F)[nH]c2ccccc12. The molecule has 0 aliphatic heterocycles. The summed E-state index contributed by atoms with van der Waals surface area (Å²) in [6.45, 7) is 0. The number of hydrogen-bond acceptors (Lipinski definition) is 2. The average Bonchev–Trinajstić information content (AvgIpc) is 2.80. The molecule has 0 amide bonds. The zero-order chi connectivity index (χ0) is 14.1. The highest BCUT2D eigenvalue weighted by Crippen LogP contribution is 2.29. The molecule has 0 radical (unpaired) electrons. The summed E-state index contributed by atoms with van der Waals surface area (Å²) < 4.78 is 14.5. The van der Waals surface area contributed by atoms with Crippen LogP contribution in [-0.2, 0) is 0 Å². The van der Waals surface area contributed by atoms with Gasteiger partial charge in [-0.1, -0.05) is 34.1 Å². The molecule has 0 unspecified atom stereocenters. The van der Waals surface area contributed by atoms with E-state index < -0.39 is 0 Å². The Hall–Kier alpha value is -2.32. The number of hydrogen-bond donors (Lipinski definition) is 2. The number of nitrogens with zero attached hydrogens (tertiary/aromatic N) is 1. The highest BCUT2D eigenvalue weighted by molar-refractivity contribution is 9.10. The maximum absolute atomic E-state index is 13.8. The van der Waals surface area contributed by atoms with Crippen molar-refractivity contribution in [3.63, 3.8) is 0 Å². The number of nitrogens with one attached hydrogen (secondary N) is 2. The smallest absolute Gasteiger partial charge is 0.146 e. The third-order valence-electron chi connectivity index (χ3n) is 3.01. The van der Waals surface area contributed by atoms with E-state index in [1.807, 2.05) is 24.3 Å². The van der Waals surface area contributed by atoms with Crippen molar-refractivity contribution in [2.24, 2.45) is 0 Å². The maximum Gasteiger partial charge on any atom is 0.146 e. The lowest BCUT2D eigenvalue weighted by atomic mass is 10.2. The van der Waals surface area contributed by atoms with E-state index in [1.165, 1.54) is 6.07 Å². The fourth-order valence-corrected chi connectivity index (χ4v) is 2.44. The van der Waals surface area contributed by atoms with E-state index in [0.717, 1.165) is 15.4 Å². The first kappa shape index (κ1) is 12.7. The topological polar surface area (TPSA) is 51.6 Å². The van der Waals surface area contributed by atoms with Gasteiger partial charge in [0, 0.05) is 15.4 Å². The van der Waals surface area contributed by atoms with Crippen LogP contribution in [0.2, 0.25) is 0 Å². The van der Waals surface area contributed by atoms with Gasteiger partial charge in [0.05, 0.1) is 5.69 Å². The van der Waals surface area contributed by atoms with Crippen molar-refractivity contribution in [2.75, 3.05) is 5.32 Å². The van der Waals surface area contributed by atoms with Crippen molar-refractivity contribution in [1.82, 2.24) is 4.98 Å². The first-order chi connectivity index (χ1) is 9.69. The quantitative estimate of drug-likeness (QED) is 0.716. The first-order valence-electron chi connectivity index (χ1n) is 5.92. The molecule has 3 nitrogen and oxygen atoms in total. The van der Waals surface area contributed by atoms with Crippen LogP contribution in [0.3, 0.4) is 0 Å². The van der Waals surface area contributed by atoms with E-state index >= 15 is 0 Å². The Morgan fingerprint density at radius 2 is 2.00 bits per heavy atom. The lowest BCUT2D eigenvalue weighted by molar-refractivity contribution is 0.631. The van der Waals surface area contributed by atoms with Crippen LogP contribution in [0.4, 0.5) is 15.9 Å². The van der Waals surface area contributed by atoms with Crippen molar-refractivity contribution < 1.29 is 4.39 Å². The molecule has 3 aromatic rings. The molecule has 0 saturated heterocycles. The minimum absolute atomic E-state index is 0.308. The van der Waals surface area contributed by atoms with Crippen LogP contribution in [0.5, 0.6) is 0 Å². The summed E-state index contributed by atoms with van der Waals surface area (Å²) in [5.74, 6) is 0.112. The van der Waals surface area contributed by atoms with E-state index in [-0.39, 0.29) is 5.82 Å². The molecule has 0 bridgehead atoms. The van der Waals surface area contributed by atoms with Gasteiger partial charge in [0.15, 0.2) is 0 Å². The van der Waals surface area contributed by atoms with Crippen LogP contribution >= 0.6 is 15.9 Å². The Kier molecular flexibility index (Phi) is 3.17. The second kappa shape index (κ2) is 4.99. The number of rotatable bonds is 2. The fourth-order valence-electron chi connectivity index (χ4n) is 2.08. The summed E-state index contributed by atoms with van der Waals surface area (Å²) in [5.41, 5.74) is 1.62. The molecule has 0 spiro atoms. The van der Waals surface area contributed by atoms with E-state index in [4.69, 9.17) is 0 Å². The van der Waals surface area contributed by atoms with Crippen LogP contribution in [0.1, 0.15) is 5.56 Å². The molecular weight excluding hydrogens is 321 g/mol. The molecule has 1 heterocycles. The number of benzene rings is 2. The van der Waals surface area contributed by atoms with Crippen molar-refractivity contribution in [1.29, 1.82) is 5.26 Å². The second-order valence-corrected chi connectivity index (χ2v) is 5.20. The van der Waals surface area contributed by atoms with Gasteiger partial charge in [-0.3, -0.25) is 0 Å². The lowest BCUT2D eigenvalue weighted by Crippen LogP contribution is -1.95. The van der Waals surface area contributed by atoms with E-state index in [9.17, 15) is 9.65 Å². The van der Waals surface area contributed by atoms with Crippen LogP contribution in [0.25, 0.3) is 10.9 Å². The molecule has 2 aromatic carbocycles. The zero-order valence-corrected chi connectivity index (χ0v) is 11.8. The summed E-state index contributed by atoms with van der Waals surface area (Å²) in [4.78, 5) is 3.09. The fraction of sp³-hybridized carbons (Fsp3) is 0. The predicted molar refractivity (Wildman–Crippen MR) is 80.4 cm³/mol. The van der Waals surface area contributed by atoms with Crippen LogP contribution < -0.4 is 5.32 Å². The number of anilines is 2. The summed E-state index contributed by atoms with van der Waals surface area (Å²) in [6.07, 6.45) is 0. The summed E-state index contributed by atoms with van der Waals surface area (Å²) in [6, 6.07) is 14.2. The number of para-hydroxylation sites is 1. The molecule has 0 fully saturated rings. The monoisotopic (exact) mass is 329 g/mol. The number of aromatic amines is 1. The molecule has 0 atom stereocenters. The predicted octanol–water partition coefficient (Wildman–Crippen LogP) is 4.68. The molecule has 20 heavy (non-hydrogen) atoms. The Morgan fingerprint density at radius 1 is 1.20 bits per heavy atom. The Balaban J connectivity index is 2.11. The van der Waals surface area contributed by atoms with Crippen molar-refractivity contribution >= 4 is 38.3 Å². The largest absolute Gasteiger partial charge is 0.340 e. The van der Waals surface area contributed by atoms with Gasteiger partial charge in [-0.25, -0.2) is 4.39 Å². The van der Waals surface area contributed by atoms with E-state index in [2.05, 4.69) is 32.3 Å². The normalized spacial score (nSPS) is 10.4. The average molecular weight is 330 g/mol. The van der Waals surface area contributed by atoms with E-state index in [1.54, 1.807) is 12.1 Å². The molecule has 0 aliphatic carbocycles. The van der Waals surface area contributed by atoms with Crippen molar-refractivity contribution in [2.45, 2.75) is 0 Å². The number of fused-ring (bicyclic) bond motifs is 1. The molecule has 0 saturated carbocycles. The third-order valence-corrected chi connectivity index (χ3v) is 3.50. The van der Waals surface area contributed by atoms with Crippen molar-refractivity contribution in [3.8, 4) is 6.07 Å². The Bertz CT molecular complexity index is 833. The molecule has 5 heteroatoms. The van der Waals surface area contributed by atoms with Gasteiger partial charge < -0.3 is 10.3 Å². The van der Waals surface area contributed by atoms with Gasteiger partial charge in [0.1, 0.15) is 23.3 Å². The van der Waals surface area contributed by atoms with Crippen molar-refractivity contribution in [3.05, 3.63) is 58.3 Å². The van der Waals surface area contributed by atoms with Gasteiger partial charge in [-0.15, -0.1) is 0 Å². The van der Waals surface area contributed by atoms with E-state index in [0.29, 0.717) is 17.1 Å². The third kappa shape index (κ3) is 2.15. The lowest BCUT2D eigenvalue weighted by Gasteiger charge is -2.06.